The van der Waals surface area contributed by atoms with E-state index < -0.39 is 0 Å². The van der Waals surface area contributed by atoms with Gasteiger partial charge in [-0.05, 0) is 30.7 Å². The number of nitrogens with one attached hydrogen (secondary N) is 1. The van der Waals surface area contributed by atoms with E-state index in [0.717, 1.165) is 44.2 Å². The molecule has 2 rings (SSSR count). The third kappa shape index (κ3) is 3.37. The van der Waals surface area contributed by atoms with E-state index in [9.17, 15) is 0 Å². The smallest absolute Gasteiger partial charge is 0.161 e. The van der Waals surface area contributed by atoms with Crippen molar-refractivity contribution in [3.05, 3.63) is 23.8 Å². The molecule has 1 aliphatic rings. The highest BCUT2D eigenvalue weighted by Gasteiger charge is 2.14. The lowest BCUT2D eigenvalue weighted by molar-refractivity contribution is 0.228. The van der Waals surface area contributed by atoms with Gasteiger partial charge in [-0.2, -0.15) is 0 Å². The van der Waals surface area contributed by atoms with E-state index >= 15 is 0 Å². The van der Waals surface area contributed by atoms with Gasteiger partial charge in [-0.25, -0.2) is 0 Å². The molecular weight excluding hydrogens is 214 g/mol. The molecule has 0 saturated heterocycles. The van der Waals surface area contributed by atoms with Gasteiger partial charge < -0.3 is 14.8 Å². The van der Waals surface area contributed by atoms with Crippen molar-refractivity contribution in [3.63, 3.8) is 0 Å². The molecule has 0 aliphatic carbocycles. The number of rotatable bonds is 4. The molecule has 3 nitrogen and oxygen atoms in total. The van der Waals surface area contributed by atoms with E-state index in [4.69, 9.17) is 9.47 Å². The second kappa shape index (κ2) is 5.92. The molecule has 1 aromatic carbocycles. The zero-order valence-electron chi connectivity index (χ0n) is 10.7. The lowest BCUT2D eigenvalue weighted by Gasteiger charge is -2.09. The van der Waals surface area contributed by atoms with Gasteiger partial charge in [0.25, 0.3) is 0 Å². The van der Waals surface area contributed by atoms with Crippen molar-refractivity contribution in [3.8, 4) is 11.5 Å². The molecule has 0 fully saturated rings. The van der Waals surface area contributed by atoms with Gasteiger partial charge in [0, 0.05) is 12.5 Å². The molecule has 1 aromatic rings. The summed E-state index contributed by atoms with van der Waals surface area (Å²) in [7, 11) is 0. The zero-order chi connectivity index (χ0) is 12.1. The van der Waals surface area contributed by atoms with Gasteiger partial charge in [-0.3, -0.25) is 0 Å². The molecule has 0 saturated carbocycles. The molecule has 0 bridgehead atoms. The molecule has 1 atom stereocenters. The molecule has 3 heteroatoms. The fourth-order valence-corrected chi connectivity index (χ4v) is 1.82. The lowest BCUT2D eigenvalue weighted by atomic mass is 10.2. The number of benzene rings is 1. The Kier molecular flexibility index (Phi) is 4.26. The Labute approximate surface area is 103 Å². The van der Waals surface area contributed by atoms with Crippen molar-refractivity contribution < 1.29 is 9.47 Å². The van der Waals surface area contributed by atoms with Crippen LogP contribution in [0.2, 0.25) is 0 Å². The summed E-state index contributed by atoms with van der Waals surface area (Å²) >= 11 is 0. The lowest BCUT2D eigenvalue weighted by Crippen LogP contribution is -2.13. The highest BCUT2D eigenvalue weighted by atomic mass is 16.5. The quantitative estimate of drug-likeness (QED) is 0.814. The molecule has 0 amide bonds. The minimum atomic E-state index is 0.448. The minimum absolute atomic E-state index is 0.448. The predicted octanol–water partition coefficient (Wildman–Crippen LogP) is 2.59. The van der Waals surface area contributed by atoms with Crippen LogP contribution >= 0.6 is 0 Å². The van der Waals surface area contributed by atoms with Gasteiger partial charge in [0.1, 0.15) is 0 Å². The Morgan fingerprint density at radius 2 is 2.00 bits per heavy atom. The Balaban J connectivity index is 2.03. The first-order valence-electron chi connectivity index (χ1n) is 6.39. The minimum Gasteiger partial charge on any atom is -0.489 e. The largest absolute Gasteiger partial charge is 0.489 e. The van der Waals surface area contributed by atoms with Crippen LogP contribution in [-0.4, -0.2) is 19.8 Å². The second-order valence-corrected chi connectivity index (χ2v) is 4.69. The number of hydrogen-bond donors (Lipinski definition) is 1. The molecule has 1 N–H and O–H groups in total. The first kappa shape index (κ1) is 12.2. The monoisotopic (exact) mass is 235 g/mol. The fourth-order valence-electron chi connectivity index (χ4n) is 1.82. The summed E-state index contributed by atoms with van der Waals surface area (Å²) in [6.07, 6.45) is 1.15. The normalized spacial score (nSPS) is 18.8. The Morgan fingerprint density at radius 3 is 2.76 bits per heavy atom. The maximum absolute atomic E-state index is 5.75. The maximum atomic E-state index is 5.75. The number of hydrogen-bond acceptors (Lipinski definition) is 3. The molecule has 0 spiro atoms. The van der Waals surface area contributed by atoms with Crippen LogP contribution < -0.4 is 14.8 Å². The van der Waals surface area contributed by atoms with Crippen molar-refractivity contribution in [2.24, 2.45) is 5.92 Å². The number of fused-ring (bicyclic) bond motifs is 1. The van der Waals surface area contributed by atoms with E-state index in [0.29, 0.717) is 5.92 Å². The molecule has 94 valence electrons. The highest BCUT2D eigenvalue weighted by Crippen LogP contribution is 2.31. The van der Waals surface area contributed by atoms with Gasteiger partial charge in [0.15, 0.2) is 11.5 Å². The van der Waals surface area contributed by atoms with Crippen molar-refractivity contribution in [2.75, 3.05) is 19.8 Å². The van der Waals surface area contributed by atoms with Crippen LogP contribution in [0.25, 0.3) is 0 Å². The average Bonchev–Trinajstić information content (AvgIpc) is 2.52. The first-order valence-corrected chi connectivity index (χ1v) is 6.39. The third-order valence-corrected chi connectivity index (χ3v) is 2.81. The summed E-state index contributed by atoms with van der Waals surface area (Å²) in [6, 6.07) is 6.19. The molecule has 0 radical (unpaired) electrons. The third-order valence-electron chi connectivity index (χ3n) is 2.81. The molecule has 17 heavy (non-hydrogen) atoms. The van der Waals surface area contributed by atoms with Crippen molar-refractivity contribution in [1.82, 2.24) is 5.32 Å². The van der Waals surface area contributed by atoms with Gasteiger partial charge >= 0.3 is 0 Å². The molecule has 0 aromatic heterocycles. The van der Waals surface area contributed by atoms with E-state index in [1.165, 1.54) is 5.56 Å². The van der Waals surface area contributed by atoms with E-state index in [2.05, 4.69) is 31.3 Å². The van der Waals surface area contributed by atoms with Crippen LogP contribution in [0.3, 0.4) is 0 Å². The Bertz CT molecular complexity index is 365. The summed E-state index contributed by atoms with van der Waals surface area (Å²) in [6.45, 7) is 7.71. The van der Waals surface area contributed by atoms with Gasteiger partial charge in [0.2, 0.25) is 0 Å². The van der Waals surface area contributed by atoms with E-state index in [1.807, 2.05) is 6.07 Å². The van der Waals surface area contributed by atoms with Crippen LogP contribution in [0.1, 0.15) is 25.8 Å². The predicted molar refractivity (Wildman–Crippen MR) is 68.6 cm³/mol. The summed E-state index contributed by atoms with van der Waals surface area (Å²) in [5, 5.41) is 3.39. The van der Waals surface area contributed by atoms with Gasteiger partial charge in [-0.15, -0.1) is 0 Å². The summed E-state index contributed by atoms with van der Waals surface area (Å²) in [5.74, 6) is 2.20. The fraction of sp³-hybridized carbons (Fsp3) is 0.571. The van der Waals surface area contributed by atoms with Crippen molar-refractivity contribution >= 4 is 0 Å². The maximum Gasteiger partial charge on any atom is 0.161 e. The second-order valence-electron chi connectivity index (χ2n) is 4.69. The summed E-state index contributed by atoms with van der Waals surface area (Å²) < 4.78 is 11.5. The highest BCUT2D eigenvalue weighted by molar-refractivity contribution is 5.43. The Hall–Kier alpha value is -1.22. The Morgan fingerprint density at radius 1 is 1.24 bits per heavy atom. The topological polar surface area (TPSA) is 30.5 Å². The molecule has 1 unspecified atom stereocenters. The standard InChI is InChI=1S/C14H21NO2/c1-3-6-15-8-12-4-5-13-14(7-12)17-10-11(2)9-16-13/h4-5,7,11,15H,3,6,8-10H2,1-2H3. The summed E-state index contributed by atoms with van der Waals surface area (Å²) in [4.78, 5) is 0. The number of ether oxygens (including phenoxy) is 2. The van der Waals surface area contributed by atoms with Crippen molar-refractivity contribution in [1.29, 1.82) is 0 Å². The van der Waals surface area contributed by atoms with Gasteiger partial charge in [0.05, 0.1) is 13.2 Å². The average molecular weight is 235 g/mol. The first-order chi connectivity index (χ1) is 8.29. The van der Waals surface area contributed by atoms with Crippen molar-refractivity contribution in [2.45, 2.75) is 26.8 Å². The van der Waals surface area contributed by atoms with Crippen LogP contribution in [0.4, 0.5) is 0 Å². The zero-order valence-corrected chi connectivity index (χ0v) is 10.7. The molecule has 1 heterocycles. The van der Waals surface area contributed by atoms with E-state index in [1.54, 1.807) is 0 Å². The van der Waals surface area contributed by atoms with Crippen LogP contribution in [0, 0.1) is 5.92 Å². The van der Waals surface area contributed by atoms with Gasteiger partial charge in [-0.1, -0.05) is 19.9 Å². The summed E-state index contributed by atoms with van der Waals surface area (Å²) in [5.41, 5.74) is 1.25. The SMILES string of the molecule is CCCNCc1ccc2c(c1)OCC(C)CO2. The van der Waals surface area contributed by atoms with Crippen LogP contribution in [-0.2, 0) is 6.54 Å². The van der Waals surface area contributed by atoms with Crippen LogP contribution in [0.5, 0.6) is 11.5 Å². The molecule has 1 aliphatic heterocycles. The van der Waals surface area contributed by atoms with E-state index in [-0.39, 0.29) is 0 Å². The van der Waals surface area contributed by atoms with Crippen LogP contribution in [0.15, 0.2) is 18.2 Å². The molecular formula is C14H21NO2.